The number of rotatable bonds is 4. The van der Waals surface area contributed by atoms with E-state index in [-0.39, 0.29) is 0 Å². The van der Waals surface area contributed by atoms with E-state index in [0.717, 1.165) is 10.5 Å². The number of hydrogen-bond donors (Lipinski definition) is 2. The van der Waals surface area contributed by atoms with Crippen molar-refractivity contribution in [3.63, 3.8) is 0 Å². The predicted octanol–water partition coefficient (Wildman–Crippen LogP) is 6.10. The molecular weight excluding hydrogens is 296 g/mol. The highest BCUT2D eigenvalue weighted by molar-refractivity contribution is 8.21. The van der Waals surface area contributed by atoms with Crippen molar-refractivity contribution in [1.29, 1.82) is 0 Å². The fraction of sp³-hybridized carbons (Fsp3) is 0.857. The van der Waals surface area contributed by atoms with Crippen LogP contribution in [0.3, 0.4) is 0 Å². The average molecular weight is 321 g/mol. The van der Waals surface area contributed by atoms with Gasteiger partial charge in [-0.3, -0.25) is 0 Å². The van der Waals surface area contributed by atoms with Crippen molar-refractivity contribution in [1.82, 2.24) is 0 Å². The summed E-state index contributed by atoms with van der Waals surface area (Å²) in [5, 5.41) is 1.58. The van der Waals surface area contributed by atoms with Gasteiger partial charge in [-0.1, -0.05) is 38.5 Å². The van der Waals surface area contributed by atoms with E-state index >= 15 is 0 Å². The molecule has 0 aromatic heterocycles. The zero-order valence-corrected chi connectivity index (χ0v) is 14.4. The monoisotopic (exact) mass is 320 g/mol. The van der Waals surface area contributed by atoms with Crippen molar-refractivity contribution in [2.24, 2.45) is 0 Å². The van der Waals surface area contributed by atoms with E-state index in [2.05, 4.69) is 25.3 Å². The molecule has 2 aliphatic rings. The Bertz CT molecular complexity index is 248. The third kappa shape index (κ3) is 5.26. The third-order valence-corrected chi connectivity index (χ3v) is 8.00. The second-order valence-electron chi connectivity index (χ2n) is 5.37. The molecule has 4 heteroatoms. The maximum absolute atomic E-state index is 4.68. The van der Waals surface area contributed by atoms with Gasteiger partial charge in [-0.05, 0) is 25.7 Å². The van der Waals surface area contributed by atoms with Crippen molar-refractivity contribution in [3.05, 3.63) is 8.47 Å². The minimum atomic E-state index is 0.792. The van der Waals surface area contributed by atoms with Gasteiger partial charge in [0.15, 0.2) is 0 Å². The molecule has 2 rings (SSSR count). The first-order chi connectivity index (χ1) is 8.75. The summed E-state index contributed by atoms with van der Waals surface area (Å²) in [6, 6.07) is 0. The molecule has 18 heavy (non-hydrogen) atoms. The molecule has 0 unspecified atom stereocenters. The lowest BCUT2D eigenvalue weighted by Crippen LogP contribution is -2.09. The van der Waals surface area contributed by atoms with E-state index in [1.165, 1.54) is 72.7 Å². The molecule has 104 valence electrons. The second-order valence-corrected chi connectivity index (χ2v) is 9.49. The standard InChI is InChI=1S/C14H24S4/c15-13(17-11-7-3-1-4-8-11)14(16)18-12-9-5-2-6-10-12/h11-12,15-16H,1-10H2. The maximum atomic E-state index is 4.68. The van der Waals surface area contributed by atoms with Gasteiger partial charge in [-0.15, -0.1) is 48.8 Å². The quantitative estimate of drug-likeness (QED) is 0.600. The molecule has 0 N–H and O–H groups in total. The summed E-state index contributed by atoms with van der Waals surface area (Å²) in [4.78, 5) is 0. The van der Waals surface area contributed by atoms with Crippen LogP contribution in [0.25, 0.3) is 0 Å². The lowest BCUT2D eigenvalue weighted by molar-refractivity contribution is 0.516. The van der Waals surface area contributed by atoms with Gasteiger partial charge in [0.05, 0.1) is 8.47 Å². The summed E-state index contributed by atoms with van der Waals surface area (Å²) < 4.78 is 2.33. The summed E-state index contributed by atoms with van der Waals surface area (Å²) in [5.41, 5.74) is 0. The van der Waals surface area contributed by atoms with Crippen LogP contribution in [0.5, 0.6) is 0 Å². The Morgan fingerprint density at radius 2 is 0.944 bits per heavy atom. The molecule has 0 aliphatic heterocycles. The lowest BCUT2D eigenvalue weighted by Gasteiger charge is -2.23. The molecule has 2 fully saturated rings. The van der Waals surface area contributed by atoms with Crippen molar-refractivity contribution < 1.29 is 0 Å². The van der Waals surface area contributed by atoms with Gasteiger partial charge < -0.3 is 0 Å². The molecule has 0 aromatic rings. The normalized spacial score (nSPS) is 25.0. The number of hydrogen-bond acceptors (Lipinski definition) is 4. The molecule has 2 aliphatic carbocycles. The highest BCUT2D eigenvalue weighted by atomic mass is 32.2. The van der Waals surface area contributed by atoms with Crippen molar-refractivity contribution in [2.45, 2.75) is 74.7 Å². The topological polar surface area (TPSA) is 0 Å². The van der Waals surface area contributed by atoms with Crippen LogP contribution < -0.4 is 0 Å². The van der Waals surface area contributed by atoms with Gasteiger partial charge >= 0.3 is 0 Å². The molecule has 0 radical (unpaired) electrons. The van der Waals surface area contributed by atoms with Crippen LogP contribution in [0.15, 0.2) is 8.47 Å². The Hall–Kier alpha value is 1.14. The summed E-state index contributed by atoms with van der Waals surface area (Å²) in [6.45, 7) is 0. The molecule has 0 nitrogen and oxygen atoms in total. The van der Waals surface area contributed by atoms with Gasteiger partial charge in [0.1, 0.15) is 0 Å². The Morgan fingerprint density at radius 3 is 1.28 bits per heavy atom. The fourth-order valence-corrected chi connectivity index (χ4v) is 6.25. The first-order valence-electron chi connectivity index (χ1n) is 7.21. The maximum Gasteiger partial charge on any atom is 0.0572 e. The zero-order chi connectivity index (χ0) is 12.8. The van der Waals surface area contributed by atoms with Gasteiger partial charge in [0.25, 0.3) is 0 Å². The average Bonchev–Trinajstić information content (AvgIpc) is 2.41. The molecule has 0 saturated heterocycles. The Morgan fingerprint density at radius 1 is 0.611 bits per heavy atom. The molecule has 0 aromatic carbocycles. The third-order valence-electron chi connectivity index (χ3n) is 3.84. The van der Waals surface area contributed by atoms with Gasteiger partial charge in [-0.2, -0.15) is 0 Å². The first kappa shape index (κ1) is 15.5. The van der Waals surface area contributed by atoms with E-state index in [1.54, 1.807) is 0 Å². The van der Waals surface area contributed by atoms with Gasteiger partial charge in [0, 0.05) is 10.5 Å². The van der Waals surface area contributed by atoms with Gasteiger partial charge in [0.2, 0.25) is 0 Å². The molecule has 0 heterocycles. The number of thioether (sulfide) groups is 2. The Kier molecular flexibility index (Phi) is 7.27. The van der Waals surface area contributed by atoms with E-state index in [9.17, 15) is 0 Å². The first-order valence-corrected chi connectivity index (χ1v) is 9.86. The van der Waals surface area contributed by atoms with Crippen LogP contribution in [0, 0.1) is 0 Å². The van der Waals surface area contributed by atoms with Crippen LogP contribution in [0.1, 0.15) is 64.2 Å². The van der Waals surface area contributed by atoms with E-state index in [4.69, 9.17) is 0 Å². The summed E-state index contributed by atoms with van der Waals surface area (Å²) in [5.74, 6) is 0. The molecule has 2 saturated carbocycles. The second kappa shape index (κ2) is 8.43. The van der Waals surface area contributed by atoms with Crippen molar-refractivity contribution >= 4 is 48.8 Å². The van der Waals surface area contributed by atoms with Crippen molar-refractivity contribution in [3.8, 4) is 0 Å². The van der Waals surface area contributed by atoms with Crippen LogP contribution in [0.2, 0.25) is 0 Å². The van der Waals surface area contributed by atoms with E-state index in [1.807, 2.05) is 23.5 Å². The molecule has 0 spiro atoms. The van der Waals surface area contributed by atoms with Crippen LogP contribution in [-0.2, 0) is 0 Å². The molecule has 0 atom stereocenters. The molecule has 0 amide bonds. The van der Waals surface area contributed by atoms with E-state index < -0.39 is 0 Å². The molecule has 0 bridgehead atoms. The van der Waals surface area contributed by atoms with E-state index in [0.29, 0.717) is 0 Å². The fourth-order valence-electron chi connectivity index (χ4n) is 2.78. The minimum Gasteiger partial charge on any atom is -0.135 e. The largest absolute Gasteiger partial charge is 0.135 e. The molecular formula is C14H24S4. The lowest BCUT2D eigenvalue weighted by atomic mass is 10.0. The number of thiol groups is 2. The SMILES string of the molecule is SC(SC1CCCCC1)=C(S)SC1CCCCC1. The minimum absolute atomic E-state index is 0.792. The van der Waals surface area contributed by atoms with Crippen LogP contribution in [0.4, 0.5) is 0 Å². The summed E-state index contributed by atoms with van der Waals surface area (Å²) >= 11 is 13.3. The van der Waals surface area contributed by atoms with Crippen LogP contribution >= 0.6 is 48.8 Å². The highest BCUT2D eigenvalue weighted by Crippen LogP contribution is 2.43. The predicted molar refractivity (Wildman–Crippen MR) is 93.9 cm³/mol. The Labute approximate surface area is 131 Å². The van der Waals surface area contributed by atoms with Crippen LogP contribution in [-0.4, -0.2) is 10.5 Å². The Balaban J connectivity index is 1.79. The highest BCUT2D eigenvalue weighted by Gasteiger charge is 2.19. The smallest absolute Gasteiger partial charge is 0.0572 e. The van der Waals surface area contributed by atoms with Gasteiger partial charge in [-0.25, -0.2) is 0 Å². The summed E-state index contributed by atoms with van der Waals surface area (Å²) in [6.07, 6.45) is 13.9. The summed E-state index contributed by atoms with van der Waals surface area (Å²) in [7, 11) is 0. The zero-order valence-electron chi connectivity index (χ0n) is 10.9. The van der Waals surface area contributed by atoms with Crippen molar-refractivity contribution in [2.75, 3.05) is 0 Å².